The highest BCUT2D eigenvalue weighted by atomic mass is 35.5. The van der Waals surface area contributed by atoms with Gasteiger partial charge in [0.05, 0.1) is 5.54 Å². The highest BCUT2D eigenvalue weighted by Crippen LogP contribution is 2.34. The molecule has 1 aromatic rings. The lowest BCUT2D eigenvalue weighted by atomic mass is 10.0. The van der Waals surface area contributed by atoms with Gasteiger partial charge in [0.2, 0.25) is 0 Å². The number of Topliss-reactive ketones (excluding diaryl/α,β-unsaturated/α-hetero) is 1. The van der Waals surface area contributed by atoms with Crippen LogP contribution in [0.5, 0.6) is 0 Å². The number of carbonyl (C=O) groups excluding carboxylic acids is 1. The predicted molar refractivity (Wildman–Crippen MR) is 61.3 cm³/mol. The zero-order valence-corrected chi connectivity index (χ0v) is 9.61. The van der Waals surface area contributed by atoms with Crippen molar-refractivity contribution < 1.29 is 4.79 Å². The van der Waals surface area contributed by atoms with Crippen LogP contribution in [0.15, 0.2) is 18.2 Å². The summed E-state index contributed by atoms with van der Waals surface area (Å²) in [5.74, 6) is 0.0618. The molecule has 0 atom stereocenters. The second-order valence-corrected chi connectivity index (χ2v) is 4.84. The Hall–Kier alpha value is -0.570. The van der Waals surface area contributed by atoms with Gasteiger partial charge < -0.3 is 5.73 Å². The van der Waals surface area contributed by atoms with Crippen molar-refractivity contribution in [3.8, 4) is 0 Å². The zero-order chi connectivity index (χ0) is 11.1. The number of nitrogens with two attached hydrogens (primary N) is 1. The van der Waals surface area contributed by atoms with Gasteiger partial charge >= 0.3 is 0 Å². The molecule has 1 fully saturated rings. The van der Waals surface area contributed by atoms with E-state index >= 15 is 0 Å². The highest BCUT2D eigenvalue weighted by Gasteiger charge is 2.45. The van der Waals surface area contributed by atoms with Crippen molar-refractivity contribution in [1.29, 1.82) is 0 Å². The van der Waals surface area contributed by atoms with Crippen molar-refractivity contribution in [3.63, 3.8) is 0 Å². The molecule has 80 valence electrons. The Morgan fingerprint density at radius 3 is 2.60 bits per heavy atom. The van der Waals surface area contributed by atoms with Crippen molar-refractivity contribution in [2.24, 2.45) is 5.73 Å². The lowest BCUT2D eigenvalue weighted by molar-refractivity contribution is -0.120. The normalized spacial score (nSPS) is 17.5. The van der Waals surface area contributed by atoms with E-state index in [1.165, 1.54) is 0 Å². The Morgan fingerprint density at radius 1 is 1.40 bits per heavy atom. The van der Waals surface area contributed by atoms with Gasteiger partial charge in [0.25, 0.3) is 0 Å². The summed E-state index contributed by atoms with van der Waals surface area (Å²) in [7, 11) is 0. The number of halogens is 2. The van der Waals surface area contributed by atoms with Crippen LogP contribution in [0.25, 0.3) is 0 Å². The van der Waals surface area contributed by atoms with Crippen molar-refractivity contribution in [2.75, 3.05) is 0 Å². The standard InChI is InChI=1S/C11H11Cl2NO/c12-8-2-1-7(9(13)6-8)5-10(15)11(14)3-4-11/h1-2,6H,3-5,14H2. The molecule has 1 aliphatic carbocycles. The third kappa shape index (κ3) is 2.33. The van der Waals surface area contributed by atoms with Crippen LogP contribution < -0.4 is 5.73 Å². The lowest BCUT2D eigenvalue weighted by Crippen LogP contribution is -2.34. The molecule has 0 spiro atoms. The minimum Gasteiger partial charge on any atom is -0.319 e. The molecule has 0 saturated heterocycles. The summed E-state index contributed by atoms with van der Waals surface area (Å²) in [5.41, 5.74) is 6.01. The van der Waals surface area contributed by atoms with E-state index in [0.29, 0.717) is 16.5 Å². The average Bonchev–Trinajstić information content (AvgIpc) is 2.90. The van der Waals surface area contributed by atoms with E-state index in [9.17, 15) is 4.79 Å². The first-order valence-electron chi connectivity index (χ1n) is 4.77. The van der Waals surface area contributed by atoms with Gasteiger partial charge in [-0.25, -0.2) is 0 Å². The molecule has 1 aromatic carbocycles. The monoisotopic (exact) mass is 243 g/mol. The summed E-state index contributed by atoms with van der Waals surface area (Å²) in [6.45, 7) is 0. The van der Waals surface area contributed by atoms with Gasteiger partial charge in [-0.2, -0.15) is 0 Å². The van der Waals surface area contributed by atoms with Crippen LogP contribution in [0.3, 0.4) is 0 Å². The summed E-state index contributed by atoms with van der Waals surface area (Å²) in [6.07, 6.45) is 1.88. The fraction of sp³-hybridized carbons (Fsp3) is 0.364. The van der Waals surface area contributed by atoms with Gasteiger partial charge in [0, 0.05) is 16.5 Å². The Balaban J connectivity index is 2.14. The highest BCUT2D eigenvalue weighted by molar-refractivity contribution is 6.35. The molecule has 1 aliphatic rings. The molecule has 1 saturated carbocycles. The van der Waals surface area contributed by atoms with Crippen LogP contribution in [0.4, 0.5) is 0 Å². The predicted octanol–water partition coefficient (Wildman–Crippen LogP) is 2.60. The largest absolute Gasteiger partial charge is 0.319 e. The molecule has 2 nitrogen and oxygen atoms in total. The average molecular weight is 244 g/mol. The van der Waals surface area contributed by atoms with Crippen LogP contribution in [-0.2, 0) is 11.2 Å². The van der Waals surface area contributed by atoms with E-state index in [4.69, 9.17) is 28.9 Å². The Kier molecular flexibility index (Phi) is 2.75. The van der Waals surface area contributed by atoms with Crippen LogP contribution in [0.2, 0.25) is 10.0 Å². The molecule has 2 N–H and O–H groups in total. The van der Waals surface area contributed by atoms with Gasteiger partial charge in [0.15, 0.2) is 5.78 Å². The topological polar surface area (TPSA) is 43.1 Å². The van der Waals surface area contributed by atoms with E-state index in [1.54, 1.807) is 18.2 Å². The molecule has 0 amide bonds. The van der Waals surface area contributed by atoms with Crippen LogP contribution in [0, 0.1) is 0 Å². The van der Waals surface area contributed by atoms with Crippen LogP contribution >= 0.6 is 23.2 Å². The second kappa shape index (κ2) is 3.78. The molecule has 0 aliphatic heterocycles. The first-order valence-corrected chi connectivity index (χ1v) is 5.53. The van der Waals surface area contributed by atoms with E-state index in [-0.39, 0.29) is 5.78 Å². The summed E-state index contributed by atoms with van der Waals surface area (Å²) < 4.78 is 0. The maximum absolute atomic E-state index is 11.7. The first kappa shape index (κ1) is 10.9. The lowest BCUT2D eigenvalue weighted by Gasteiger charge is -2.08. The minimum absolute atomic E-state index is 0.0618. The zero-order valence-electron chi connectivity index (χ0n) is 8.09. The van der Waals surface area contributed by atoms with Crippen molar-refractivity contribution in [1.82, 2.24) is 0 Å². The molecule has 15 heavy (non-hydrogen) atoms. The van der Waals surface area contributed by atoms with Crippen molar-refractivity contribution in [2.45, 2.75) is 24.8 Å². The number of benzene rings is 1. The molecule has 0 aromatic heterocycles. The molecule has 4 heteroatoms. The van der Waals surface area contributed by atoms with Crippen LogP contribution in [0.1, 0.15) is 18.4 Å². The van der Waals surface area contributed by atoms with Gasteiger partial charge in [-0.1, -0.05) is 29.3 Å². The number of ketones is 1. The Bertz CT molecular complexity index is 413. The summed E-state index contributed by atoms with van der Waals surface area (Å²) in [6, 6.07) is 5.14. The fourth-order valence-corrected chi connectivity index (χ4v) is 1.90. The minimum atomic E-state index is -0.580. The van der Waals surface area contributed by atoms with Crippen molar-refractivity contribution >= 4 is 29.0 Å². The van der Waals surface area contributed by atoms with Gasteiger partial charge in [-0.3, -0.25) is 4.79 Å². The summed E-state index contributed by atoms with van der Waals surface area (Å²) in [5, 5.41) is 1.10. The molecule has 0 heterocycles. The SMILES string of the molecule is NC1(C(=O)Cc2ccc(Cl)cc2Cl)CC1. The molecule has 2 rings (SSSR count). The molecule has 0 bridgehead atoms. The maximum Gasteiger partial charge on any atom is 0.157 e. The third-order valence-corrected chi connectivity index (χ3v) is 3.30. The van der Waals surface area contributed by atoms with Gasteiger partial charge in [0.1, 0.15) is 0 Å². The molecule has 0 unspecified atom stereocenters. The first-order chi connectivity index (χ1) is 7.01. The fourth-order valence-electron chi connectivity index (χ4n) is 1.43. The molecular weight excluding hydrogens is 233 g/mol. The number of hydrogen-bond donors (Lipinski definition) is 1. The van der Waals surface area contributed by atoms with E-state index in [1.807, 2.05) is 0 Å². The molecular formula is C11H11Cl2NO. The molecule has 0 radical (unpaired) electrons. The van der Waals surface area contributed by atoms with Gasteiger partial charge in [-0.05, 0) is 30.5 Å². The van der Waals surface area contributed by atoms with Crippen LogP contribution in [-0.4, -0.2) is 11.3 Å². The Labute approximate surface area is 98.4 Å². The van der Waals surface area contributed by atoms with Gasteiger partial charge in [-0.15, -0.1) is 0 Å². The Morgan fingerprint density at radius 2 is 2.07 bits per heavy atom. The number of carbonyl (C=O) groups is 1. The van der Waals surface area contributed by atoms with E-state index in [2.05, 4.69) is 0 Å². The third-order valence-electron chi connectivity index (χ3n) is 2.71. The van der Waals surface area contributed by atoms with E-state index in [0.717, 1.165) is 18.4 Å². The van der Waals surface area contributed by atoms with Crippen molar-refractivity contribution in [3.05, 3.63) is 33.8 Å². The number of hydrogen-bond acceptors (Lipinski definition) is 2. The number of rotatable bonds is 3. The second-order valence-electron chi connectivity index (χ2n) is 3.99. The smallest absolute Gasteiger partial charge is 0.157 e. The quantitative estimate of drug-likeness (QED) is 0.887. The maximum atomic E-state index is 11.7. The summed E-state index contributed by atoms with van der Waals surface area (Å²) >= 11 is 11.7. The summed E-state index contributed by atoms with van der Waals surface area (Å²) in [4.78, 5) is 11.7. The van der Waals surface area contributed by atoms with E-state index < -0.39 is 5.54 Å².